The van der Waals surface area contributed by atoms with Gasteiger partial charge in [0.05, 0.1) is 11.1 Å². The summed E-state index contributed by atoms with van der Waals surface area (Å²) < 4.78 is 41.1. The smallest absolute Gasteiger partial charge is 0.441 e. The van der Waals surface area contributed by atoms with E-state index >= 15 is 0 Å². The van der Waals surface area contributed by atoms with Crippen LogP contribution in [0.25, 0.3) is 0 Å². The Bertz CT molecular complexity index is 359. The first-order chi connectivity index (χ1) is 7.40. The van der Waals surface area contributed by atoms with Crippen LogP contribution in [-0.2, 0) is 0 Å². The maximum atomic E-state index is 11.8. The lowest BCUT2D eigenvalue weighted by molar-refractivity contribution is -0.0329. The Kier molecular flexibility index (Phi) is 4.79. The van der Waals surface area contributed by atoms with Crippen LogP contribution < -0.4 is 10.5 Å². The van der Waals surface area contributed by atoms with E-state index in [-0.39, 0.29) is 24.1 Å². The summed E-state index contributed by atoms with van der Waals surface area (Å²) in [4.78, 5) is 0. The predicted octanol–water partition coefficient (Wildman–Crippen LogP) is 3.66. The van der Waals surface area contributed by atoms with Crippen molar-refractivity contribution in [3.05, 3.63) is 22.7 Å². The molecule has 16 heavy (non-hydrogen) atoms. The average Bonchev–Trinajstić information content (AvgIpc) is 2.17. The van der Waals surface area contributed by atoms with Crippen molar-refractivity contribution in [2.45, 2.75) is 5.51 Å². The topological polar surface area (TPSA) is 35.2 Å². The van der Waals surface area contributed by atoms with Crippen LogP contribution >= 0.6 is 27.7 Å². The molecular formula is C9H9BrF3NOS. The third-order valence-electron chi connectivity index (χ3n) is 1.60. The highest BCUT2D eigenvalue weighted by atomic mass is 79.9. The second-order valence-electron chi connectivity index (χ2n) is 2.80. The van der Waals surface area contributed by atoms with Gasteiger partial charge in [-0.25, -0.2) is 0 Å². The summed E-state index contributed by atoms with van der Waals surface area (Å²) in [6.45, 7) is -0.0216. The summed E-state index contributed by atoms with van der Waals surface area (Å²) in [6, 6.07) is 4.98. The molecule has 0 aliphatic carbocycles. The molecule has 0 aliphatic heterocycles. The van der Waals surface area contributed by atoms with Crippen LogP contribution in [0, 0.1) is 0 Å². The van der Waals surface area contributed by atoms with E-state index in [2.05, 4.69) is 15.9 Å². The first-order valence-corrected chi connectivity index (χ1v) is 6.05. The number of alkyl halides is 3. The summed E-state index contributed by atoms with van der Waals surface area (Å²) in [5.41, 5.74) is 1.86. The van der Waals surface area contributed by atoms with Gasteiger partial charge in [0.1, 0.15) is 5.75 Å². The van der Waals surface area contributed by atoms with Crippen molar-refractivity contribution in [3.8, 4) is 5.75 Å². The second-order valence-corrected chi connectivity index (χ2v) is 4.75. The molecule has 1 aromatic carbocycles. The van der Waals surface area contributed by atoms with Crippen LogP contribution in [0.2, 0.25) is 0 Å². The predicted molar refractivity (Wildman–Crippen MR) is 62.6 cm³/mol. The molecule has 0 saturated heterocycles. The standard InChI is InChI=1S/C9H9BrF3NOS/c10-8-6(14)2-1-3-7(8)15-4-5-16-9(11,12)13/h1-3H,4-5,14H2. The average molecular weight is 316 g/mol. The number of hydrogen-bond acceptors (Lipinski definition) is 3. The third-order valence-corrected chi connectivity index (χ3v) is 3.15. The van der Waals surface area contributed by atoms with Gasteiger partial charge in [0.15, 0.2) is 0 Å². The second kappa shape index (κ2) is 5.67. The molecule has 1 rings (SSSR count). The maximum Gasteiger partial charge on any atom is 0.441 e. The molecule has 90 valence electrons. The molecule has 0 aromatic heterocycles. The van der Waals surface area contributed by atoms with Gasteiger partial charge in [-0.15, -0.1) is 0 Å². The zero-order valence-electron chi connectivity index (χ0n) is 8.05. The molecule has 0 unspecified atom stereocenters. The normalized spacial score (nSPS) is 11.5. The number of hydrogen-bond donors (Lipinski definition) is 1. The lowest BCUT2D eigenvalue weighted by Gasteiger charge is -2.10. The molecule has 0 aliphatic rings. The molecule has 2 nitrogen and oxygen atoms in total. The zero-order chi connectivity index (χ0) is 12.2. The van der Waals surface area contributed by atoms with Crippen LogP contribution in [0.5, 0.6) is 5.75 Å². The Morgan fingerprint density at radius 2 is 2.06 bits per heavy atom. The largest absolute Gasteiger partial charge is 0.491 e. The molecule has 0 radical (unpaired) electrons. The van der Waals surface area contributed by atoms with Crippen molar-refractivity contribution in [1.82, 2.24) is 0 Å². The van der Waals surface area contributed by atoms with E-state index in [4.69, 9.17) is 10.5 Å². The van der Waals surface area contributed by atoms with E-state index in [9.17, 15) is 13.2 Å². The van der Waals surface area contributed by atoms with Crippen molar-refractivity contribution in [1.29, 1.82) is 0 Å². The molecule has 0 amide bonds. The highest BCUT2D eigenvalue weighted by Crippen LogP contribution is 2.32. The van der Waals surface area contributed by atoms with Crippen molar-refractivity contribution >= 4 is 33.4 Å². The van der Waals surface area contributed by atoms with Crippen LogP contribution in [0.4, 0.5) is 18.9 Å². The molecular weight excluding hydrogens is 307 g/mol. The number of benzene rings is 1. The number of halogens is 4. The Morgan fingerprint density at radius 3 is 2.69 bits per heavy atom. The Balaban J connectivity index is 2.41. The minimum Gasteiger partial charge on any atom is -0.491 e. The number of rotatable bonds is 4. The summed E-state index contributed by atoms with van der Waals surface area (Å²) in [5, 5.41) is 0. The van der Waals surface area contributed by atoms with Gasteiger partial charge in [-0.05, 0) is 39.8 Å². The summed E-state index contributed by atoms with van der Waals surface area (Å²) in [7, 11) is 0. The fourth-order valence-corrected chi connectivity index (χ4v) is 1.73. The minimum atomic E-state index is -4.21. The molecule has 0 spiro atoms. The molecule has 0 fully saturated rings. The van der Waals surface area contributed by atoms with Crippen molar-refractivity contribution in [2.24, 2.45) is 0 Å². The van der Waals surface area contributed by atoms with E-state index in [0.29, 0.717) is 15.9 Å². The maximum absolute atomic E-state index is 11.8. The number of anilines is 1. The van der Waals surface area contributed by atoms with Crippen LogP contribution in [0.1, 0.15) is 0 Å². The Morgan fingerprint density at radius 1 is 1.38 bits per heavy atom. The molecule has 1 aromatic rings. The van der Waals surface area contributed by atoms with E-state index < -0.39 is 5.51 Å². The Labute approximate surface area is 103 Å². The minimum absolute atomic E-state index is 0.0216. The van der Waals surface area contributed by atoms with Gasteiger partial charge in [-0.3, -0.25) is 0 Å². The summed E-state index contributed by atoms with van der Waals surface area (Å²) >= 11 is 3.08. The van der Waals surface area contributed by atoms with Gasteiger partial charge < -0.3 is 10.5 Å². The molecule has 0 atom stereocenters. The number of nitrogens with two attached hydrogens (primary N) is 1. The third kappa shape index (κ3) is 4.52. The van der Waals surface area contributed by atoms with Gasteiger partial charge in [0, 0.05) is 11.4 Å². The quantitative estimate of drug-likeness (QED) is 0.680. The van der Waals surface area contributed by atoms with E-state index in [0.717, 1.165) is 0 Å². The molecule has 0 heterocycles. The van der Waals surface area contributed by atoms with E-state index in [1.165, 1.54) is 0 Å². The van der Waals surface area contributed by atoms with Crippen LogP contribution in [-0.4, -0.2) is 17.9 Å². The van der Waals surface area contributed by atoms with Gasteiger partial charge in [0.2, 0.25) is 0 Å². The molecule has 0 saturated carbocycles. The van der Waals surface area contributed by atoms with Crippen molar-refractivity contribution in [3.63, 3.8) is 0 Å². The Hall–Kier alpha value is -0.560. The van der Waals surface area contributed by atoms with Crippen molar-refractivity contribution in [2.75, 3.05) is 18.1 Å². The number of thioether (sulfide) groups is 1. The van der Waals surface area contributed by atoms with E-state index in [1.807, 2.05) is 0 Å². The zero-order valence-corrected chi connectivity index (χ0v) is 10.5. The number of ether oxygens (including phenoxy) is 1. The fourth-order valence-electron chi connectivity index (χ4n) is 0.948. The molecule has 2 N–H and O–H groups in total. The van der Waals surface area contributed by atoms with E-state index in [1.54, 1.807) is 18.2 Å². The van der Waals surface area contributed by atoms with Gasteiger partial charge in [-0.2, -0.15) is 13.2 Å². The van der Waals surface area contributed by atoms with Crippen LogP contribution in [0.3, 0.4) is 0 Å². The molecule has 7 heteroatoms. The first-order valence-electron chi connectivity index (χ1n) is 4.27. The monoisotopic (exact) mass is 315 g/mol. The van der Waals surface area contributed by atoms with Gasteiger partial charge in [-0.1, -0.05) is 6.07 Å². The summed E-state index contributed by atoms with van der Waals surface area (Å²) in [5.74, 6) is 0.299. The summed E-state index contributed by atoms with van der Waals surface area (Å²) in [6.07, 6.45) is 0. The SMILES string of the molecule is Nc1cccc(OCCSC(F)(F)F)c1Br. The lowest BCUT2D eigenvalue weighted by Crippen LogP contribution is -2.07. The lowest BCUT2D eigenvalue weighted by atomic mass is 10.3. The highest BCUT2D eigenvalue weighted by molar-refractivity contribution is 9.10. The highest BCUT2D eigenvalue weighted by Gasteiger charge is 2.27. The number of nitrogen functional groups attached to an aromatic ring is 1. The molecule has 0 bridgehead atoms. The first kappa shape index (κ1) is 13.5. The van der Waals surface area contributed by atoms with Crippen molar-refractivity contribution < 1.29 is 17.9 Å². The van der Waals surface area contributed by atoms with Crippen LogP contribution in [0.15, 0.2) is 22.7 Å². The van der Waals surface area contributed by atoms with Gasteiger partial charge >= 0.3 is 5.51 Å². The fraction of sp³-hybridized carbons (Fsp3) is 0.333. The van der Waals surface area contributed by atoms with Gasteiger partial charge in [0.25, 0.3) is 0 Å².